The molecule has 1 atom stereocenters. The number of carboxylic acids is 1. The summed E-state index contributed by atoms with van der Waals surface area (Å²) in [5.41, 5.74) is 7.83. The van der Waals surface area contributed by atoms with Gasteiger partial charge in [0.05, 0.1) is 6.61 Å². The number of methoxy groups -OCH3 is 1. The maximum atomic E-state index is 11.3. The highest BCUT2D eigenvalue weighted by molar-refractivity contribution is 5.80. The second-order valence-electron chi connectivity index (χ2n) is 5.61. The largest absolute Gasteiger partial charge is 0.480 e. The Morgan fingerprint density at radius 3 is 2.62 bits per heavy atom. The molecule has 4 N–H and O–H groups in total. The number of carbonyl (C=O) groups is 2. The second kappa shape index (κ2) is 9.77. The van der Waals surface area contributed by atoms with Crippen molar-refractivity contribution >= 4 is 23.3 Å². The predicted molar refractivity (Wildman–Crippen MR) is 94.4 cm³/mol. The molecular formula is C17H27N3O4. The van der Waals surface area contributed by atoms with E-state index in [1.165, 1.54) is 0 Å². The number of carbonyl (C=O) groups excluding carboxylic acids is 1. The SMILES string of the molecule is CCN(CCOC)c1ccc(NC(CCC(N)=O)C(=O)O)c(C)c1. The van der Waals surface area contributed by atoms with Gasteiger partial charge in [-0.05, 0) is 44.0 Å². The van der Waals surface area contributed by atoms with Crippen LogP contribution in [0.15, 0.2) is 18.2 Å². The lowest BCUT2D eigenvalue weighted by molar-refractivity contribution is -0.138. The van der Waals surface area contributed by atoms with Gasteiger partial charge in [0, 0.05) is 38.0 Å². The van der Waals surface area contributed by atoms with Gasteiger partial charge in [0.15, 0.2) is 0 Å². The van der Waals surface area contributed by atoms with Crippen molar-refractivity contribution in [3.05, 3.63) is 23.8 Å². The third-order valence-corrected chi connectivity index (χ3v) is 3.83. The third kappa shape index (κ3) is 6.08. The van der Waals surface area contributed by atoms with Crippen LogP contribution in [0.1, 0.15) is 25.3 Å². The minimum Gasteiger partial charge on any atom is -0.480 e. The van der Waals surface area contributed by atoms with Crippen LogP contribution >= 0.6 is 0 Å². The van der Waals surface area contributed by atoms with E-state index in [0.29, 0.717) is 6.61 Å². The van der Waals surface area contributed by atoms with E-state index in [1.807, 2.05) is 25.1 Å². The standard InChI is InChI=1S/C17H27N3O4/c1-4-20(9-10-24-3)13-5-6-14(12(2)11-13)19-15(17(22)23)7-8-16(18)21/h5-6,11,15,19H,4,7-10H2,1-3H3,(H2,18,21)(H,22,23). The number of aryl methyl sites for hydroxylation is 1. The number of aliphatic carboxylic acids is 1. The van der Waals surface area contributed by atoms with Crippen molar-refractivity contribution in [3.63, 3.8) is 0 Å². The Morgan fingerprint density at radius 1 is 1.42 bits per heavy atom. The van der Waals surface area contributed by atoms with Gasteiger partial charge in [-0.3, -0.25) is 4.79 Å². The number of ether oxygens (including phenoxy) is 1. The lowest BCUT2D eigenvalue weighted by Gasteiger charge is -2.24. The summed E-state index contributed by atoms with van der Waals surface area (Å²) in [6.45, 7) is 6.27. The number of nitrogens with one attached hydrogen (secondary N) is 1. The van der Waals surface area contributed by atoms with Crippen LogP contribution in [0, 0.1) is 6.92 Å². The molecule has 0 aliphatic heterocycles. The van der Waals surface area contributed by atoms with Crippen LogP contribution in [0.4, 0.5) is 11.4 Å². The first-order valence-electron chi connectivity index (χ1n) is 8.01. The summed E-state index contributed by atoms with van der Waals surface area (Å²) in [6.07, 6.45) is 0.183. The zero-order valence-electron chi connectivity index (χ0n) is 14.5. The molecule has 7 nitrogen and oxygen atoms in total. The quantitative estimate of drug-likeness (QED) is 0.566. The Hall–Kier alpha value is -2.28. The molecule has 1 amide bonds. The Bertz CT molecular complexity index is 563. The van der Waals surface area contributed by atoms with Gasteiger partial charge in [-0.15, -0.1) is 0 Å². The zero-order valence-corrected chi connectivity index (χ0v) is 14.5. The number of rotatable bonds is 11. The monoisotopic (exact) mass is 337 g/mol. The van der Waals surface area contributed by atoms with Crippen molar-refractivity contribution in [2.24, 2.45) is 5.73 Å². The first kappa shape index (κ1) is 19.8. The van der Waals surface area contributed by atoms with E-state index in [-0.39, 0.29) is 12.8 Å². The molecule has 1 unspecified atom stereocenters. The summed E-state index contributed by atoms with van der Waals surface area (Å²) in [7, 11) is 1.67. The van der Waals surface area contributed by atoms with Crippen LogP contribution in [0.25, 0.3) is 0 Å². The van der Waals surface area contributed by atoms with Crippen molar-refractivity contribution in [2.75, 3.05) is 37.0 Å². The number of nitrogens with two attached hydrogens (primary N) is 1. The fourth-order valence-electron chi connectivity index (χ4n) is 2.41. The maximum Gasteiger partial charge on any atom is 0.326 e. The highest BCUT2D eigenvalue weighted by Gasteiger charge is 2.19. The Morgan fingerprint density at radius 2 is 2.12 bits per heavy atom. The molecule has 134 valence electrons. The number of hydrogen-bond acceptors (Lipinski definition) is 5. The number of primary amides is 1. The molecule has 24 heavy (non-hydrogen) atoms. The van der Waals surface area contributed by atoms with Crippen molar-refractivity contribution in [3.8, 4) is 0 Å². The summed E-state index contributed by atoms with van der Waals surface area (Å²) in [4.78, 5) is 24.4. The van der Waals surface area contributed by atoms with Crippen LogP contribution in [0.3, 0.4) is 0 Å². The molecule has 0 fully saturated rings. The molecule has 0 radical (unpaired) electrons. The van der Waals surface area contributed by atoms with E-state index in [1.54, 1.807) is 7.11 Å². The summed E-state index contributed by atoms with van der Waals surface area (Å²) in [5.74, 6) is -1.51. The van der Waals surface area contributed by atoms with Gasteiger partial charge in [0.25, 0.3) is 0 Å². The number of anilines is 2. The fourth-order valence-corrected chi connectivity index (χ4v) is 2.41. The van der Waals surface area contributed by atoms with Gasteiger partial charge in [0.2, 0.25) is 5.91 Å². The molecule has 0 aromatic heterocycles. The van der Waals surface area contributed by atoms with E-state index >= 15 is 0 Å². The molecule has 0 heterocycles. The van der Waals surface area contributed by atoms with Gasteiger partial charge in [0.1, 0.15) is 6.04 Å². The smallest absolute Gasteiger partial charge is 0.326 e. The molecule has 1 aromatic rings. The molecule has 0 aliphatic carbocycles. The number of amides is 1. The molecule has 0 spiro atoms. The summed E-state index contributed by atoms with van der Waals surface area (Å²) < 4.78 is 5.12. The Balaban J connectivity index is 2.85. The van der Waals surface area contributed by atoms with Crippen LogP contribution < -0.4 is 16.0 Å². The minimum absolute atomic E-state index is 0.0295. The van der Waals surface area contributed by atoms with E-state index in [0.717, 1.165) is 30.0 Å². The van der Waals surface area contributed by atoms with Crippen LogP contribution in [0.5, 0.6) is 0 Å². The number of likely N-dealkylation sites (N-methyl/N-ethyl adjacent to an activating group) is 1. The lowest BCUT2D eigenvalue weighted by atomic mass is 10.1. The van der Waals surface area contributed by atoms with Gasteiger partial charge in [-0.1, -0.05) is 0 Å². The first-order chi connectivity index (χ1) is 11.4. The van der Waals surface area contributed by atoms with Crippen LogP contribution in [-0.2, 0) is 14.3 Å². The number of carboxylic acid groups (broad SMARTS) is 1. The van der Waals surface area contributed by atoms with Gasteiger partial charge in [-0.25, -0.2) is 4.79 Å². The van der Waals surface area contributed by atoms with E-state index in [2.05, 4.69) is 17.1 Å². The van der Waals surface area contributed by atoms with Gasteiger partial charge < -0.3 is 25.8 Å². The van der Waals surface area contributed by atoms with E-state index in [9.17, 15) is 14.7 Å². The van der Waals surface area contributed by atoms with E-state index in [4.69, 9.17) is 10.5 Å². The van der Waals surface area contributed by atoms with Gasteiger partial charge in [-0.2, -0.15) is 0 Å². The summed E-state index contributed by atoms with van der Waals surface area (Å²) in [5, 5.41) is 12.3. The maximum absolute atomic E-state index is 11.3. The molecule has 0 saturated heterocycles. The molecular weight excluding hydrogens is 310 g/mol. The van der Waals surface area contributed by atoms with Crippen LogP contribution in [-0.4, -0.2) is 49.8 Å². The second-order valence-corrected chi connectivity index (χ2v) is 5.61. The van der Waals surface area contributed by atoms with Crippen molar-refractivity contribution in [1.82, 2.24) is 0 Å². The van der Waals surface area contributed by atoms with Crippen LogP contribution in [0.2, 0.25) is 0 Å². The minimum atomic E-state index is -1.00. The summed E-state index contributed by atoms with van der Waals surface area (Å²) >= 11 is 0. The molecule has 0 aliphatic rings. The molecule has 1 aromatic carbocycles. The van der Waals surface area contributed by atoms with Crippen molar-refractivity contribution in [1.29, 1.82) is 0 Å². The average Bonchev–Trinajstić information content (AvgIpc) is 2.53. The van der Waals surface area contributed by atoms with Gasteiger partial charge >= 0.3 is 5.97 Å². The molecule has 1 rings (SSSR count). The topological polar surface area (TPSA) is 105 Å². The molecule has 7 heteroatoms. The van der Waals surface area contributed by atoms with Crippen molar-refractivity contribution < 1.29 is 19.4 Å². The number of benzene rings is 1. The van der Waals surface area contributed by atoms with Crippen molar-refractivity contribution in [2.45, 2.75) is 32.7 Å². The fraction of sp³-hybridized carbons (Fsp3) is 0.529. The molecule has 0 bridgehead atoms. The first-order valence-corrected chi connectivity index (χ1v) is 8.01. The predicted octanol–water partition coefficient (Wildman–Crippen LogP) is 1.60. The Labute approximate surface area is 142 Å². The summed E-state index contributed by atoms with van der Waals surface area (Å²) in [6, 6.07) is 4.97. The lowest BCUT2D eigenvalue weighted by Crippen LogP contribution is -2.31. The normalized spacial score (nSPS) is 11.8. The number of nitrogens with zero attached hydrogens (tertiary/aromatic N) is 1. The third-order valence-electron chi connectivity index (χ3n) is 3.83. The molecule has 0 saturated carbocycles. The average molecular weight is 337 g/mol. The number of hydrogen-bond donors (Lipinski definition) is 3. The Kier molecular flexibility index (Phi) is 8.05. The van der Waals surface area contributed by atoms with E-state index < -0.39 is 17.9 Å². The highest BCUT2D eigenvalue weighted by atomic mass is 16.5. The zero-order chi connectivity index (χ0) is 18.1. The highest BCUT2D eigenvalue weighted by Crippen LogP contribution is 2.24.